The number of imide groups is 1. The quantitative estimate of drug-likeness (QED) is 0.609. The second-order valence-electron chi connectivity index (χ2n) is 11.7. The molecule has 6 rings (SSSR count). The Balaban J connectivity index is 1.13. The Hall–Kier alpha value is -2.32. The first-order chi connectivity index (χ1) is 17.4. The van der Waals surface area contributed by atoms with Crippen LogP contribution in [-0.2, 0) is 27.3 Å². The van der Waals surface area contributed by atoms with E-state index in [1.807, 2.05) is 0 Å². The molecule has 2 aliphatic carbocycles. The number of amides is 3. The molecule has 1 unspecified atom stereocenters. The maximum Gasteiger partial charge on any atom is 0.255 e. The highest BCUT2D eigenvalue weighted by atomic mass is 19.1. The number of rotatable bonds is 5. The molecule has 1 aromatic carbocycles. The highest BCUT2D eigenvalue weighted by Crippen LogP contribution is 2.51. The molecule has 3 aliphatic heterocycles. The Morgan fingerprint density at radius 1 is 1.08 bits per heavy atom. The molecule has 3 heterocycles. The maximum absolute atomic E-state index is 15.7. The van der Waals surface area contributed by atoms with Gasteiger partial charge in [-0.25, -0.2) is 4.39 Å². The molecular formula is C28H36FN3O4. The first-order valence-corrected chi connectivity index (χ1v) is 13.7. The van der Waals surface area contributed by atoms with Crippen molar-refractivity contribution in [2.45, 2.75) is 108 Å². The zero-order chi connectivity index (χ0) is 24.9. The molecule has 3 atom stereocenters. The highest BCUT2D eigenvalue weighted by molar-refractivity contribution is 6.05. The second kappa shape index (κ2) is 9.53. The van der Waals surface area contributed by atoms with Gasteiger partial charge in [-0.15, -0.1) is 0 Å². The van der Waals surface area contributed by atoms with Crippen LogP contribution in [0.25, 0.3) is 0 Å². The largest absolute Gasteiger partial charge is 0.376 e. The van der Waals surface area contributed by atoms with Crippen molar-refractivity contribution in [1.82, 2.24) is 15.5 Å². The number of piperidine rings is 1. The van der Waals surface area contributed by atoms with Crippen molar-refractivity contribution in [3.8, 4) is 0 Å². The van der Waals surface area contributed by atoms with Gasteiger partial charge in [0.25, 0.3) is 5.91 Å². The third-order valence-corrected chi connectivity index (χ3v) is 9.31. The van der Waals surface area contributed by atoms with Gasteiger partial charge in [0.15, 0.2) is 0 Å². The van der Waals surface area contributed by atoms with Gasteiger partial charge in [0.2, 0.25) is 11.8 Å². The summed E-state index contributed by atoms with van der Waals surface area (Å²) in [6.45, 7) is 0.739. The third-order valence-electron chi connectivity index (χ3n) is 9.31. The normalized spacial score (nSPS) is 30.3. The minimum absolute atomic E-state index is 0.0531. The third kappa shape index (κ3) is 4.36. The summed E-state index contributed by atoms with van der Waals surface area (Å²) >= 11 is 0. The summed E-state index contributed by atoms with van der Waals surface area (Å²) in [5, 5.41) is 6.15. The van der Waals surface area contributed by atoms with E-state index in [9.17, 15) is 14.4 Å². The molecule has 4 fully saturated rings. The van der Waals surface area contributed by atoms with E-state index < -0.39 is 11.9 Å². The number of halogens is 1. The van der Waals surface area contributed by atoms with Crippen LogP contribution in [0.2, 0.25) is 0 Å². The number of fused-ring (bicyclic) bond motifs is 1. The number of carbonyl (C=O) groups is 3. The fraction of sp³-hybridized carbons (Fsp3) is 0.679. The molecule has 194 valence electrons. The summed E-state index contributed by atoms with van der Waals surface area (Å²) in [6, 6.07) is 3.39. The minimum Gasteiger partial charge on any atom is -0.376 e. The van der Waals surface area contributed by atoms with Crippen molar-refractivity contribution in [2.75, 3.05) is 6.61 Å². The van der Waals surface area contributed by atoms with Crippen molar-refractivity contribution in [2.24, 2.45) is 5.41 Å². The monoisotopic (exact) mass is 497 g/mol. The summed E-state index contributed by atoms with van der Waals surface area (Å²) < 4.78 is 21.8. The molecule has 2 saturated carbocycles. The average molecular weight is 498 g/mol. The van der Waals surface area contributed by atoms with Gasteiger partial charge in [-0.3, -0.25) is 19.7 Å². The van der Waals surface area contributed by atoms with E-state index >= 15 is 4.39 Å². The van der Waals surface area contributed by atoms with E-state index in [1.54, 1.807) is 12.1 Å². The first kappa shape index (κ1) is 24.0. The van der Waals surface area contributed by atoms with Crippen LogP contribution < -0.4 is 10.6 Å². The number of hydrogen-bond donors (Lipinski definition) is 2. The predicted octanol–water partition coefficient (Wildman–Crippen LogP) is 3.38. The van der Waals surface area contributed by atoms with Crippen LogP contribution in [0.5, 0.6) is 0 Å². The lowest BCUT2D eigenvalue weighted by Crippen LogP contribution is -2.57. The van der Waals surface area contributed by atoms with Crippen LogP contribution in [0.3, 0.4) is 0 Å². The summed E-state index contributed by atoms with van der Waals surface area (Å²) in [7, 11) is 0. The van der Waals surface area contributed by atoms with E-state index in [-0.39, 0.29) is 49.2 Å². The lowest BCUT2D eigenvalue weighted by Gasteiger charge is -2.52. The van der Waals surface area contributed by atoms with E-state index in [1.165, 1.54) is 49.8 Å². The lowest BCUT2D eigenvalue weighted by molar-refractivity contribution is -0.136. The van der Waals surface area contributed by atoms with Gasteiger partial charge in [-0.2, -0.15) is 0 Å². The van der Waals surface area contributed by atoms with Gasteiger partial charge in [-0.05, 0) is 62.0 Å². The van der Waals surface area contributed by atoms with E-state index in [2.05, 4.69) is 10.6 Å². The number of carbonyl (C=O) groups excluding carboxylic acids is 3. The molecule has 0 bridgehead atoms. The Bertz CT molecular complexity index is 1060. The van der Waals surface area contributed by atoms with E-state index in [0.717, 1.165) is 12.8 Å². The summed E-state index contributed by atoms with van der Waals surface area (Å²) in [4.78, 5) is 38.2. The molecule has 2 saturated heterocycles. The van der Waals surface area contributed by atoms with Gasteiger partial charge < -0.3 is 15.0 Å². The number of ether oxygens (including phenoxy) is 1. The number of nitrogens with one attached hydrogen (secondary N) is 2. The van der Waals surface area contributed by atoms with Crippen molar-refractivity contribution in [3.05, 3.63) is 34.6 Å². The molecule has 2 N–H and O–H groups in total. The highest BCUT2D eigenvalue weighted by Gasteiger charge is 2.46. The molecule has 8 heteroatoms. The Morgan fingerprint density at radius 2 is 1.89 bits per heavy atom. The topological polar surface area (TPSA) is 87.7 Å². The molecular weight excluding hydrogens is 461 g/mol. The van der Waals surface area contributed by atoms with Gasteiger partial charge in [-0.1, -0.05) is 25.3 Å². The Kier molecular flexibility index (Phi) is 6.36. The van der Waals surface area contributed by atoms with Crippen LogP contribution in [0.1, 0.15) is 92.1 Å². The fourth-order valence-corrected chi connectivity index (χ4v) is 7.38. The SMILES string of the molecule is O=C1CCC(N2Cc3c(ccc(C[C@H]4OCCC[C@@H]4NC4CC5(CCCCC5)C4)c3F)C2=O)C(=O)N1. The molecule has 0 radical (unpaired) electrons. The van der Waals surface area contributed by atoms with Crippen molar-refractivity contribution in [1.29, 1.82) is 0 Å². The van der Waals surface area contributed by atoms with Crippen molar-refractivity contribution < 1.29 is 23.5 Å². The standard InChI is InChI=1S/C28H36FN3O4/c29-25-17(6-7-19-20(25)16-32(27(19)35)22-8-9-24(33)31-26(22)34)13-23-21(5-4-12-36-23)30-18-14-28(15-18)10-2-1-3-11-28/h6-7,18,21-23,30H,1-5,8-16H2,(H,31,33,34)/t21-,22?,23+/m0/s1. The zero-order valence-corrected chi connectivity index (χ0v) is 20.8. The lowest BCUT2D eigenvalue weighted by atomic mass is 9.58. The van der Waals surface area contributed by atoms with E-state index in [0.29, 0.717) is 41.2 Å². The van der Waals surface area contributed by atoms with Crippen LogP contribution in [-0.4, -0.2) is 53.5 Å². The van der Waals surface area contributed by atoms with Gasteiger partial charge in [0.05, 0.1) is 12.6 Å². The van der Waals surface area contributed by atoms with Crippen LogP contribution in [0.4, 0.5) is 4.39 Å². The second-order valence-corrected chi connectivity index (χ2v) is 11.7. The van der Waals surface area contributed by atoms with Gasteiger partial charge >= 0.3 is 0 Å². The molecule has 3 amide bonds. The number of benzene rings is 1. The smallest absolute Gasteiger partial charge is 0.255 e. The van der Waals surface area contributed by atoms with Crippen molar-refractivity contribution in [3.63, 3.8) is 0 Å². The van der Waals surface area contributed by atoms with Crippen LogP contribution in [0, 0.1) is 11.2 Å². The molecule has 5 aliphatic rings. The fourth-order valence-electron chi connectivity index (χ4n) is 7.38. The van der Waals surface area contributed by atoms with Crippen LogP contribution >= 0.6 is 0 Å². The minimum atomic E-state index is -0.740. The summed E-state index contributed by atoms with van der Waals surface area (Å²) in [5.74, 6) is -1.53. The number of hydrogen-bond acceptors (Lipinski definition) is 5. The summed E-state index contributed by atoms with van der Waals surface area (Å²) in [5.41, 5.74) is 1.78. The van der Waals surface area contributed by atoms with Gasteiger partial charge in [0, 0.05) is 42.7 Å². The molecule has 0 aromatic heterocycles. The Morgan fingerprint density at radius 3 is 2.67 bits per heavy atom. The average Bonchev–Trinajstić information content (AvgIpc) is 3.18. The molecule has 1 spiro atoms. The maximum atomic E-state index is 15.7. The Labute approximate surface area is 211 Å². The summed E-state index contributed by atoms with van der Waals surface area (Å²) in [6.07, 6.45) is 12.2. The van der Waals surface area contributed by atoms with E-state index in [4.69, 9.17) is 4.74 Å². The van der Waals surface area contributed by atoms with Gasteiger partial charge in [0.1, 0.15) is 11.9 Å². The molecule has 1 aromatic rings. The molecule has 36 heavy (non-hydrogen) atoms. The number of nitrogens with zero attached hydrogens (tertiary/aromatic N) is 1. The van der Waals surface area contributed by atoms with Crippen LogP contribution in [0.15, 0.2) is 12.1 Å². The first-order valence-electron chi connectivity index (χ1n) is 13.7. The zero-order valence-electron chi connectivity index (χ0n) is 20.8. The predicted molar refractivity (Wildman–Crippen MR) is 131 cm³/mol. The van der Waals surface area contributed by atoms with Crippen molar-refractivity contribution >= 4 is 17.7 Å². The molecule has 7 nitrogen and oxygen atoms in total.